The van der Waals surface area contributed by atoms with Crippen molar-refractivity contribution in [2.75, 3.05) is 0 Å². The molecule has 0 aliphatic rings. The molecule has 0 spiro atoms. The summed E-state index contributed by atoms with van der Waals surface area (Å²) in [6, 6.07) is 12.5. The lowest BCUT2D eigenvalue weighted by Gasteiger charge is -2.11. The third-order valence-electron chi connectivity index (χ3n) is 10.5. The van der Waals surface area contributed by atoms with Crippen molar-refractivity contribution in [2.45, 2.75) is 198 Å². The summed E-state index contributed by atoms with van der Waals surface area (Å²) in [5.41, 5.74) is 7.63. The van der Waals surface area contributed by atoms with Crippen LogP contribution in [0, 0.1) is 29.2 Å². The fourth-order valence-corrected chi connectivity index (χ4v) is 6.07. The lowest BCUT2D eigenvalue weighted by Crippen LogP contribution is -2.05. The minimum atomic E-state index is -0.334. The molecule has 0 N–H and O–H groups in total. The topological polar surface area (TPSA) is 64.5 Å². The molecule has 5 rings (SSSR count). The Bertz CT molecular complexity index is 1820. The highest BCUT2D eigenvalue weighted by Gasteiger charge is 2.14. The van der Waals surface area contributed by atoms with Gasteiger partial charge >= 0.3 is 0 Å². The van der Waals surface area contributed by atoms with Gasteiger partial charge in [-0.1, -0.05) is 151 Å². The number of hydrogen-bond donors (Lipinski definition) is 0. The molecule has 0 radical (unpaired) electrons. The van der Waals surface area contributed by atoms with Crippen LogP contribution in [0.25, 0.3) is 0 Å². The van der Waals surface area contributed by atoms with Gasteiger partial charge in [0.15, 0.2) is 5.82 Å². The molecule has 4 aromatic heterocycles. The number of halogens is 5. The first kappa shape index (κ1) is 58.4. The first-order valence-corrected chi connectivity index (χ1v) is 23.4. The summed E-state index contributed by atoms with van der Waals surface area (Å²) in [6.07, 6.45) is 4.20. The van der Waals surface area contributed by atoms with Gasteiger partial charge in [0.2, 0.25) is 5.95 Å². The smallest absolute Gasteiger partial charge is 0.216 e. The highest BCUT2D eigenvalue weighted by molar-refractivity contribution is 5.29. The molecular formula is C55H80F5N5. The average molecular weight is 906 g/mol. The van der Waals surface area contributed by atoms with E-state index in [4.69, 9.17) is 0 Å². The Morgan fingerprint density at radius 2 is 0.785 bits per heavy atom. The van der Waals surface area contributed by atoms with E-state index >= 15 is 0 Å². The zero-order valence-electron chi connectivity index (χ0n) is 43.2. The highest BCUT2D eigenvalue weighted by Crippen LogP contribution is 2.26. The molecule has 1 aromatic carbocycles. The maximum Gasteiger partial charge on any atom is 0.216 e. The molecule has 5 aromatic rings. The van der Waals surface area contributed by atoms with Gasteiger partial charge in [0.1, 0.15) is 23.3 Å². The van der Waals surface area contributed by atoms with E-state index in [-0.39, 0.29) is 64.7 Å². The number of aromatic nitrogens is 5. The Labute approximate surface area is 390 Å². The summed E-state index contributed by atoms with van der Waals surface area (Å²) in [5, 5.41) is 0. The van der Waals surface area contributed by atoms with Crippen LogP contribution in [-0.2, 0) is 0 Å². The lowest BCUT2D eigenvalue weighted by molar-refractivity contribution is 0.553. The fourth-order valence-electron chi connectivity index (χ4n) is 6.07. The third kappa shape index (κ3) is 19.4. The number of nitrogens with zero attached hydrogens (tertiary/aromatic N) is 5. The molecule has 65 heavy (non-hydrogen) atoms. The Morgan fingerprint density at radius 1 is 0.323 bits per heavy atom. The van der Waals surface area contributed by atoms with Crippen LogP contribution in [-0.4, -0.2) is 24.9 Å². The molecule has 0 unspecified atom stereocenters. The van der Waals surface area contributed by atoms with Gasteiger partial charge in [-0.25, -0.2) is 32.5 Å². The molecule has 0 saturated carbocycles. The Balaban J connectivity index is 0.000000406. The van der Waals surface area contributed by atoms with E-state index in [0.29, 0.717) is 46.4 Å². The first-order valence-electron chi connectivity index (χ1n) is 23.4. The number of hydrogen-bond acceptors (Lipinski definition) is 5. The molecule has 5 nitrogen and oxygen atoms in total. The van der Waals surface area contributed by atoms with Crippen molar-refractivity contribution in [3.05, 3.63) is 147 Å². The summed E-state index contributed by atoms with van der Waals surface area (Å²) in [4.78, 5) is 20.2. The van der Waals surface area contributed by atoms with Crippen molar-refractivity contribution >= 4 is 0 Å². The van der Waals surface area contributed by atoms with E-state index in [1.165, 1.54) is 24.0 Å². The van der Waals surface area contributed by atoms with Gasteiger partial charge < -0.3 is 0 Å². The maximum absolute atomic E-state index is 13.3. The maximum atomic E-state index is 13.3. The zero-order valence-corrected chi connectivity index (χ0v) is 43.2. The monoisotopic (exact) mass is 906 g/mol. The van der Waals surface area contributed by atoms with Gasteiger partial charge in [-0.15, -0.1) is 0 Å². The molecule has 360 valence electrons. The van der Waals surface area contributed by atoms with Gasteiger partial charge in [0.05, 0.1) is 23.8 Å². The lowest BCUT2D eigenvalue weighted by atomic mass is 9.95. The van der Waals surface area contributed by atoms with E-state index < -0.39 is 0 Å². The molecule has 10 heteroatoms. The third-order valence-corrected chi connectivity index (χ3v) is 10.5. The van der Waals surface area contributed by atoms with Crippen molar-refractivity contribution < 1.29 is 22.0 Å². The largest absolute Gasteiger partial charge is 0.258 e. The van der Waals surface area contributed by atoms with Crippen LogP contribution in [0.2, 0.25) is 0 Å². The second kappa shape index (κ2) is 27.8. The van der Waals surface area contributed by atoms with Crippen LogP contribution < -0.4 is 0 Å². The first-order chi connectivity index (χ1) is 30.1. The summed E-state index contributed by atoms with van der Waals surface area (Å²) in [7, 11) is 0. The van der Waals surface area contributed by atoms with E-state index in [2.05, 4.69) is 80.3 Å². The summed E-state index contributed by atoms with van der Waals surface area (Å²) >= 11 is 0. The predicted molar refractivity (Wildman–Crippen MR) is 262 cm³/mol. The second-order valence-electron chi connectivity index (χ2n) is 19.7. The van der Waals surface area contributed by atoms with Crippen LogP contribution in [0.15, 0.2) is 61.1 Å². The zero-order chi connectivity index (χ0) is 50.0. The summed E-state index contributed by atoms with van der Waals surface area (Å²) < 4.78 is 66.1. The molecule has 0 aliphatic heterocycles. The SMILES string of the molecule is CC(C)c1cc(C(C)C)c(F)cn1.CC(C)c1ccc(F)c(C(C)C)c1.CC(C)c1ccc(F)c(C(C)C)n1.CC(C)c1cnc(F)c(C(C)C)c1.CC(C)c1ncc(F)c(C(C)C)n1. The van der Waals surface area contributed by atoms with Gasteiger partial charge in [-0.2, -0.15) is 4.39 Å². The molecule has 0 atom stereocenters. The van der Waals surface area contributed by atoms with Crippen molar-refractivity contribution in [1.82, 2.24) is 24.9 Å². The van der Waals surface area contributed by atoms with Crippen LogP contribution in [0.5, 0.6) is 0 Å². The standard InChI is InChI=1S/C12H17F.3C11H16FN.C10H15FN2/c1-8(2)10-5-6-12(13)11(7-10)9(3)4;1-7(2)9-5-11(8(3)4)13-6-10(9)12;1-7(2)9-5-10(8(3)4)11(12)13-6-9;1-7(2)10-6-5-9(12)11(13-10)8(3)4;1-6(2)9-8(11)5-12-10(13-9)7(3)4/h5-9H,1-4H3;3*5-8H,1-4H3;5-7H,1-4H3. The number of benzene rings is 1. The van der Waals surface area contributed by atoms with Crippen molar-refractivity contribution in [2.24, 2.45) is 0 Å². The molecule has 0 fully saturated rings. The Kier molecular flexibility index (Phi) is 25.0. The Morgan fingerprint density at radius 3 is 1.25 bits per heavy atom. The van der Waals surface area contributed by atoms with Crippen LogP contribution in [0.4, 0.5) is 22.0 Å². The Hall–Kier alpha value is -4.60. The normalized spacial score (nSPS) is 11.3. The molecule has 0 bridgehead atoms. The van der Waals surface area contributed by atoms with E-state index in [9.17, 15) is 22.0 Å². The fraction of sp³-hybridized carbons (Fsp3) is 0.545. The van der Waals surface area contributed by atoms with Crippen molar-refractivity contribution in [1.29, 1.82) is 0 Å². The molecular weight excluding hydrogens is 826 g/mol. The van der Waals surface area contributed by atoms with Gasteiger partial charge in [-0.3, -0.25) is 9.97 Å². The summed E-state index contributed by atoms with van der Waals surface area (Å²) in [5.74, 6) is 2.39. The van der Waals surface area contributed by atoms with Gasteiger partial charge in [0.25, 0.3) is 0 Å². The van der Waals surface area contributed by atoms with Crippen molar-refractivity contribution in [3.63, 3.8) is 0 Å². The molecule has 4 heterocycles. The molecule has 0 amide bonds. The van der Waals surface area contributed by atoms with Crippen LogP contribution >= 0.6 is 0 Å². The van der Waals surface area contributed by atoms with E-state index in [1.807, 2.05) is 107 Å². The predicted octanol–water partition coefficient (Wildman–Crippen LogP) is 17.3. The minimum absolute atomic E-state index is 0.0839. The minimum Gasteiger partial charge on any atom is -0.258 e. The van der Waals surface area contributed by atoms with E-state index in [0.717, 1.165) is 28.1 Å². The van der Waals surface area contributed by atoms with E-state index in [1.54, 1.807) is 18.3 Å². The van der Waals surface area contributed by atoms with Crippen LogP contribution in [0.1, 0.15) is 254 Å². The second-order valence-corrected chi connectivity index (χ2v) is 19.7. The number of rotatable bonds is 10. The number of pyridine rings is 3. The van der Waals surface area contributed by atoms with Crippen molar-refractivity contribution in [3.8, 4) is 0 Å². The molecule has 0 aliphatic carbocycles. The average Bonchev–Trinajstić information content (AvgIpc) is 3.21. The quantitative estimate of drug-likeness (QED) is 0.103. The van der Waals surface area contributed by atoms with Gasteiger partial charge in [-0.05, 0) is 106 Å². The molecule has 0 saturated heterocycles. The van der Waals surface area contributed by atoms with Gasteiger partial charge in [0, 0.05) is 29.1 Å². The summed E-state index contributed by atoms with van der Waals surface area (Å²) in [6.45, 7) is 40.4. The van der Waals surface area contributed by atoms with Crippen LogP contribution in [0.3, 0.4) is 0 Å². The highest BCUT2D eigenvalue weighted by atomic mass is 19.1.